The molecule has 2 rings (SSSR count). The Morgan fingerprint density at radius 2 is 2.05 bits per heavy atom. The molecule has 1 amide bonds. The SMILES string of the molecule is COc1cc(NC(=O)c2ccc(N)c(F)c2)ccc1Br. The lowest BCUT2D eigenvalue weighted by Gasteiger charge is -2.09. The summed E-state index contributed by atoms with van der Waals surface area (Å²) in [4.78, 5) is 12.0. The molecule has 3 N–H and O–H groups in total. The Morgan fingerprint density at radius 3 is 2.70 bits per heavy atom. The second-order valence-corrected chi connectivity index (χ2v) is 4.89. The standard InChI is InChI=1S/C14H12BrFN2O2/c1-20-13-7-9(3-4-10(13)15)18-14(19)8-2-5-12(17)11(16)6-8/h2-7H,17H2,1H3,(H,18,19). The van der Waals surface area contributed by atoms with E-state index < -0.39 is 11.7 Å². The number of nitrogen functional groups attached to an aromatic ring is 1. The molecule has 0 saturated carbocycles. The minimum atomic E-state index is -0.619. The van der Waals surface area contributed by atoms with Gasteiger partial charge in [0.1, 0.15) is 11.6 Å². The van der Waals surface area contributed by atoms with E-state index in [4.69, 9.17) is 10.5 Å². The first-order valence-electron chi connectivity index (χ1n) is 5.71. The summed E-state index contributed by atoms with van der Waals surface area (Å²) in [6, 6.07) is 9.03. The fourth-order valence-electron chi connectivity index (χ4n) is 1.61. The van der Waals surface area contributed by atoms with Gasteiger partial charge in [-0.15, -0.1) is 0 Å². The molecule has 0 heterocycles. The van der Waals surface area contributed by atoms with Crippen molar-refractivity contribution >= 4 is 33.2 Å². The van der Waals surface area contributed by atoms with Crippen molar-refractivity contribution in [1.29, 1.82) is 0 Å². The van der Waals surface area contributed by atoms with Crippen molar-refractivity contribution in [2.45, 2.75) is 0 Å². The van der Waals surface area contributed by atoms with E-state index in [1.165, 1.54) is 19.2 Å². The highest BCUT2D eigenvalue weighted by Crippen LogP contribution is 2.28. The summed E-state index contributed by atoms with van der Waals surface area (Å²) in [6.45, 7) is 0. The van der Waals surface area contributed by atoms with Crippen molar-refractivity contribution < 1.29 is 13.9 Å². The third-order valence-electron chi connectivity index (χ3n) is 2.67. The highest BCUT2D eigenvalue weighted by atomic mass is 79.9. The fourth-order valence-corrected chi connectivity index (χ4v) is 2.02. The Bertz CT molecular complexity index is 662. The van der Waals surface area contributed by atoms with Crippen molar-refractivity contribution in [2.75, 3.05) is 18.2 Å². The third-order valence-corrected chi connectivity index (χ3v) is 3.33. The number of methoxy groups -OCH3 is 1. The number of benzene rings is 2. The number of nitrogens with two attached hydrogens (primary N) is 1. The van der Waals surface area contributed by atoms with Gasteiger partial charge in [0.15, 0.2) is 0 Å². The summed E-state index contributed by atoms with van der Waals surface area (Å²) in [5.41, 5.74) is 6.12. The Balaban J connectivity index is 2.21. The molecule has 0 aromatic heterocycles. The zero-order chi connectivity index (χ0) is 14.7. The molecule has 2 aromatic rings. The highest BCUT2D eigenvalue weighted by Gasteiger charge is 2.10. The first kappa shape index (κ1) is 14.3. The first-order valence-corrected chi connectivity index (χ1v) is 6.50. The van der Waals surface area contributed by atoms with E-state index in [1.54, 1.807) is 18.2 Å². The summed E-state index contributed by atoms with van der Waals surface area (Å²) in [5, 5.41) is 2.66. The van der Waals surface area contributed by atoms with Crippen LogP contribution in [0.4, 0.5) is 15.8 Å². The molecule has 2 aromatic carbocycles. The Hall–Kier alpha value is -2.08. The summed E-state index contributed by atoms with van der Waals surface area (Å²) < 4.78 is 19.2. The summed E-state index contributed by atoms with van der Waals surface area (Å²) in [6.07, 6.45) is 0. The van der Waals surface area contributed by atoms with Gasteiger partial charge >= 0.3 is 0 Å². The normalized spacial score (nSPS) is 10.2. The lowest BCUT2D eigenvalue weighted by atomic mass is 10.2. The molecule has 20 heavy (non-hydrogen) atoms. The van der Waals surface area contributed by atoms with Gasteiger partial charge in [-0.2, -0.15) is 0 Å². The van der Waals surface area contributed by atoms with Crippen molar-refractivity contribution in [3.05, 3.63) is 52.3 Å². The lowest BCUT2D eigenvalue weighted by Crippen LogP contribution is -2.12. The Morgan fingerprint density at radius 1 is 1.30 bits per heavy atom. The number of carbonyl (C=O) groups excluding carboxylic acids is 1. The van der Waals surface area contributed by atoms with Gasteiger partial charge < -0.3 is 15.8 Å². The maximum Gasteiger partial charge on any atom is 0.255 e. The molecule has 0 radical (unpaired) electrons. The molecule has 0 aliphatic carbocycles. The molecule has 0 unspecified atom stereocenters. The van der Waals surface area contributed by atoms with Gasteiger partial charge in [0.2, 0.25) is 0 Å². The van der Waals surface area contributed by atoms with Crippen LogP contribution in [-0.4, -0.2) is 13.0 Å². The van der Waals surface area contributed by atoms with Crippen molar-refractivity contribution in [3.8, 4) is 5.75 Å². The molecule has 4 nitrogen and oxygen atoms in total. The van der Waals surface area contributed by atoms with Crippen LogP contribution in [0.2, 0.25) is 0 Å². The third kappa shape index (κ3) is 3.08. The maximum atomic E-state index is 13.3. The number of ether oxygens (including phenoxy) is 1. The van der Waals surface area contributed by atoms with Crippen molar-refractivity contribution in [2.24, 2.45) is 0 Å². The van der Waals surface area contributed by atoms with Gasteiger partial charge in [0, 0.05) is 17.3 Å². The maximum absolute atomic E-state index is 13.3. The van der Waals surface area contributed by atoms with Crippen LogP contribution in [0.3, 0.4) is 0 Å². The quantitative estimate of drug-likeness (QED) is 0.842. The average molecular weight is 339 g/mol. The van der Waals surface area contributed by atoms with E-state index in [2.05, 4.69) is 21.2 Å². The number of hydrogen-bond acceptors (Lipinski definition) is 3. The topological polar surface area (TPSA) is 64.3 Å². The second kappa shape index (κ2) is 5.92. The van der Waals surface area contributed by atoms with E-state index in [9.17, 15) is 9.18 Å². The molecular weight excluding hydrogens is 327 g/mol. The second-order valence-electron chi connectivity index (χ2n) is 4.04. The van der Waals surface area contributed by atoms with Crippen LogP contribution in [0.15, 0.2) is 40.9 Å². The number of amides is 1. The van der Waals surface area contributed by atoms with Gasteiger partial charge in [-0.05, 0) is 46.3 Å². The molecule has 0 saturated heterocycles. The molecule has 0 atom stereocenters. The highest BCUT2D eigenvalue weighted by molar-refractivity contribution is 9.10. The molecule has 0 fully saturated rings. The number of nitrogens with one attached hydrogen (secondary N) is 1. The molecule has 0 bridgehead atoms. The number of rotatable bonds is 3. The predicted octanol–water partition coefficient (Wildman–Crippen LogP) is 3.43. The van der Waals surface area contributed by atoms with Gasteiger partial charge in [0.05, 0.1) is 17.3 Å². The number of anilines is 2. The van der Waals surface area contributed by atoms with Crippen molar-refractivity contribution in [3.63, 3.8) is 0 Å². The average Bonchev–Trinajstić information content (AvgIpc) is 2.43. The van der Waals surface area contributed by atoms with Gasteiger partial charge in [-0.1, -0.05) is 0 Å². The predicted molar refractivity (Wildman–Crippen MR) is 79.5 cm³/mol. The minimum Gasteiger partial charge on any atom is -0.495 e. The number of halogens is 2. The molecule has 0 aliphatic rings. The summed E-state index contributed by atoms with van der Waals surface area (Å²) in [7, 11) is 1.53. The van der Waals surface area contributed by atoms with Gasteiger partial charge in [0.25, 0.3) is 5.91 Å². The Kier molecular flexibility index (Phi) is 4.24. The molecular formula is C14H12BrFN2O2. The Labute approximate surface area is 123 Å². The summed E-state index contributed by atoms with van der Waals surface area (Å²) >= 11 is 3.32. The van der Waals surface area contributed by atoms with Crippen LogP contribution >= 0.6 is 15.9 Å². The monoisotopic (exact) mass is 338 g/mol. The summed E-state index contributed by atoms with van der Waals surface area (Å²) in [5.74, 6) is -0.453. The van der Waals surface area contributed by atoms with E-state index >= 15 is 0 Å². The van der Waals surface area contributed by atoms with E-state index in [-0.39, 0.29) is 11.3 Å². The number of carbonyl (C=O) groups is 1. The molecule has 104 valence electrons. The first-order chi connectivity index (χ1) is 9.51. The zero-order valence-electron chi connectivity index (χ0n) is 10.6. The smallest absolute Gasteiger partial charge is 0.255 e. The van der Waals surface area contributed by atoms with Crippen LogP contribution in [0, 0.1) is 5.82 Å². The number of hydrogen-bond donors (Lipinski definition) is 2. The fraction of sp³-hybridized carbons (Fsp3) is 0.0714. The van der Waals surface area contributed by atoms with Crippen molar-refractivity contribution in [1.82, 2.24) is 0 Å². The minimum absolute atomic E-state index is 0.00635. The van der Waals surface area contributed by atoms with E-state index in [0.717, 1.165) is 10.5 Å². The van der Waals surface area contributed by atoms with Crippen LogP contribution in [-0.2, 0) is 0 Å². The van der Waals surface area contributed by atoms with E-state index in [0.29, 0.717) is 11.4 Å². The molecule has 0 aliphatic heterocycles. The van der Waals surface area contributed by atoms with Gasteiger partial charge in [-0.3, -0.25) is 4.79 Å². The van der Waals surface area contributed by atoms with Crippen LogP contribution in [0.1, 0.15) is 10.4 Å². The van der Waals surface area contributed by atoms with Gasteiger partial charge in [-0.25, -0.2) is 4.39 Å². The van der Waals surface area contributed by atoms with Crippen LogP contribution in [0.25, 0.3) is 0 Å². The molecule has 6 heteroatoms. The zero-order valence-corrected chi connectivity index (χ0v) is 12.2. The van der Waals surface area contributed by atoms with Crippen LogP contribution in [0.5, 0.6) is 5.75 Å². The largest absolute Gasteiger partial charge is 0.495 e. The van der Waals surface area contributed by atoms with Crippen LogP contribution < -0.4 is 15.8 Å². The lowest BCUT2D eigenvalue weighted by molar-refractivity contribution is 0.102. The molecule has 0 spiro atoms. The van der Waals surface area contributed by atoms with E-state index in [1.807, 2.05) is 0 Å².